The zero-order valence-electron chi connectivity index (χ0n) is 5.14. The lowest BCUT2D eigenvalue weighted by molar-refractivity contribution is 0.576. The lowest BCUT2D eigenvalue weighted by atomic mass is 10.6. The number of hydrogen-bond acceptors (Lipinski definition) is 3. The predicted molar refractivity (Wildman–Crippen MR) is 46.5 cm³/mol. The van der Waals surface area contributed by atoms with Crippen molar-refractivity contribution in [1.82, 2.24) is 9.97 Å². The highest BCUT2D eigenvalue weighted by Crippen LogP contribution is 2.15. The van der Waals surface area contributed by atoms with Gasteiger partial charge in [-0.1, -0.05) is 0 Å². The van der Waals surface area contributed by atoms with Gasteiger partial charge in [-0.25, -0.2) is 14.4 Å². The molecule has 0 aromatic carbocycles. The normalized spacial score (nSPS) is 9.90. The van der Waals surface area contributed by atoms with E-state index in [4.69, 9.17) is 0 Å². The molecule has 0 atom stereocenters. The third-order valence-electron chi connectivity index (χ3n) is 0.876. The molecular weight excluding hydrogens is 266 g/mol. The topological polar surface area (TPSA) is 25.8 Å². The fraction of sp³-hybridized carbons (Fsp3) is 0.200. The van der Waals surface area contributed by atoms with E-state index in [0.717, 1.165) is 0 Å². The Morgan fingerprint density at radius 2 is 2.40 bits per heavy atom. The van der Waals surface area contributed by atoms with Gasteiger partial charge in [0.25, 0.3) is 0 Å². The van der Waals surface area contributed by atoms with Crippen LogP contribution < -0.4 is 0 Å². The zero-order chi connectivity index (χ0) is 7.56. The van der Waals surface area contributed by atoms with Gasteiger partial charge in [0.2, 0.25) is 0 Å². The van der Waals surface area contributed by atoms with Gasteiger partial charge in [-0.15, -0.1) is 11.8 Å². The molecular formula is C5H4FIN2S. The molecule has 0 saturated carbocycles. The monoisotopic (exact) mass is 270 g/mol. The Morgan fingerprint density at radius 1 is 1.70 bits per heavy atom. The minimum atomic E-state index is -0.354. The smallest absolute Gasteiger partial charge is 0.191 e. The van der Waals surface area contributed by atoms with Crippen LogP contribution in [-0.4, -0.2) is 16.2 Å². The number of nitrogens with zero attached hydrogens (tertiary/aromatic N) is 2. The van der Waals surface area contributed by atoms with Gasteiger partial charge in [0.1, 0.15) is 5.03 Å². The summed E-state index contributed by atoms with van der Waals surface area (Å²) in [5, 5.41) is 0.402. The summed E-state index contributed by atoms with van der Waals surface area (Å²) in [6.07, 6.45) is 2.96. The molecule has 0 bridgehead atoms. The first-order chi connectivity index (χ1) is 4.74. The van der Waals surface area contributed by atoms with Crippen LogP contribution in [0.4, 0.5) is 4.39 Å². The fourth-order valence-corrected chi connectivity index (χ4v) is 1.44. The minimum Gasteiger partial charge on any atom is -0.228 e. The zero-order valence-corrected chi connectivity index (χ0v) is 8.11. The van der Waals surface area contributed by atoms with Crippen LogP contribution in [0.15, 0.2) is 11.2 Å². The van der Waals surface area contributed by atoms with Gasteiger partial charge in [0.05, 0.1) is 6.20 Å². The Balaban J connectivity index is 3.09. The lowest BCUT2D eigenvalue weighted by Crippen LogP contribution is -1.92. The molecule has 0 radical (unpaired) electrons. The van der Waals surface area contributed by atoms with Crippen molar-refractivity contribution >= 4 is 34.4 Å². The van der Waals surface area contributed by atoms with E-state index in [2.05, 4.69) is 9.97 Å². The van der Waals surface area contributed by atoms with Crippen molar-refractivity contribution in [3.05, 3.63) is 15.8 Å². The molecule has 0 spiro atoms. The highest BCUT2D eigenvalue weighted by Gasteiger charge is 2.02. The van der Waals surface area contributed by atoms with Crippen LogP contribution in [0.25, 0.3) is 0 Å². The van der Waals surface area contributed by atoms with Gasteiger partial charge in [-0.05, 0) is 6.26 Å². The van der Waals surface area contributed by atoms with E-state index in [1.165, 1.54) is 18.0 Å². The Hall–Kier alpha value is 0.0900. The number of aromatic nitrogens is 2. The molecule has 0 unspecified atom stereocenters. The average molecular weight is 270 g/mol. The Labute approximate surface area is 75.8 Å². The number of hydrogen-bond donors (Lipinski definition) is 0. The third-order valence-corrected chi connectivity index (χ3v) is 2.07. The van der Waals surface area contributed by atoms with Crippen LogP contribution in [0.3, 0.4) is 0 Å². The van der Waals surface area contributed by atoms with Crippen molar-refractivity contribution in [3.63, 3.8) is 0 Å². The Kier molecular flexibility index (Phi) is 2.84. The lowest BCUT2D eigenvalue weighted by Gasteiger charge is -1.95. The maximum Gasteiger partial charge on any atom is 0.191 e. The van der Waals surface area contributed by atoms with Crippen molar-refractivity contribution in [1.29, 1.82) is 0 Å². The van der Waals surface area contributed by atoms with E-state index in [1.807, 2.05) is 22.6 Å². The molecule has 1 rings (SSSR count). The highest BCUT2D eigenvalue weighted by molar-refractivity contribution is 14.1. The number of thioether (sulfide) groups is 1. The van der Waals surface area contributed by atoms with E-state index < -0.39 is 0 Å². The summed E-state index contributed by atoms with van der Waals surface area (Å²) in [6.45, 7) is 0. The molecule has 0 aliphatic rings. The quantitative estimate of drug-likeness (QED) is 0.337. The van der Waals surface area contributed by atoms with Crippen molar-refractivity contribution in [2.24, 2.45) is 0 Å². The van der Waals surface area contributed by atoms with Crippen molar-refractivity contribution in [2.45, 2.75) is 5.03 Å². The molecule has 1 aromatic heterocycles. The third kappa shape index (κ3) is 1.79. The van der Waals surface area contributed by atoms with Gasteiger partial charge in [0.15, 0.2) is 9.65 Å². The van der Waals surface area contributed by atoms with Crippen LogP contribution in [0.2, 0.25) is 0 Å². The fourth-order valence-electron chi connectivity index (χ4n) is 0.474. The second-order valence-electron chi connectivity index (χ2n) is 1.50. The van der Waals surface area contributed by atoms with Crippen LogP contribution >= 0.6 is 34.4 Å². The summed E-state index contributed by atoms with van der Waals surface area (Å²) in [5.74, 6) is -0.354. The molecule has 10 heavy (non-hydrogen) atoms. The van der Waals surface area contributed by atoms with E-state index in [0.29, 0.717) is 8.86 Å². The minimum absolute atomic E-state index is 0.354. The van der Waals surface area contributed by atoms with E-state index >= 15 is 0 Å². The summed E-state index contributed by atoms with van der Waals surface area (Å²) in [5.41, 5.74) is 0. The molecule has 5 heteroatoms. The standard InChI is InChI=1S/C5H4FIN2S/c1-10-4-3(6)2-8-5(7)9-4/h2H,1H3. The SMILES string of the molecule is CSc1nc(I)ncc1F. The second-order valence-corrected chi connectivity index (χ2v) is 3.26. The van der Waals surface area contributed by atoms with E-state index in [-0.39, 0.29) is 5.82 Å². The van der Waals surface area contributed by atoms with Crippen molar-refractivity contribution in [2.75, 3.05) is 6.26 Å². The summed E-state index contributed by atoms with van der Waals surface area (Å²) < 4.78 is 13.2. The molecule has 0 fully saturated rings. The van der Waals surface area contributed by atoms with Gasteiger partial charge in [0, 0.05) is 22.6 Å². The molecule has 0 amide bonds. The van der Waals surface area contributed by atoms with Crippen molar-refractivity contribution < 1.29 is 4.39 Å². The molecule has 0 aliphatic heterocycles. The summed E-state index contributed by atoms with van der Waals surface area (Å²) in [7, 11) is 0. The maximum absolute atomic E-state index is 12.6. The molecule has 2 nitrogen and oxygen atoms in total. The van der Waals surface area contributed by atoms with Gasteiger partial charge >= 0.3 is 0 Å². The first-order valence-corrected chi connectivity index (χ1v) is 4.76. The number of rotatable bonds is 1. The molecule has 0 N–H and O–H groups in total. The average Bonchev–Trinajstić information content (AvgIpc) is 1.94. The Morgan fingerprint density at radius 3 is 2.90 bits per heavy atom. The van der Waals surface area contributed by atoms with Crippen LogP contribution in [0.1, 0.15) is 0 Å². The molecule has 1 heterocycles. The molecule has 1 aromatic rings. The van der Waals surface area contributed by atoms with Crippen LogP contribution in [0.5, 0.6) is 0 Å². The van der Waals surface area contributed by atoms with Crippen LogP contribution in [-0.2, 0) is 0 Å². The largest absolute Gasteiger partial charge is 0.228 e. The molecule has 54 valence electrons. The first-order valence-electron chi connectivity index (χ1n) is 2.46. The van der Waals surface area contributed by atoms with Crippen LogP contribution in [0, 0.1) is 9.65 Å². The predicted octanol–water partition coefficient (Wildman–Crippen LogP) is 1.94. The summed E-state index contributed by atoms with van der Waals surface area (Å²) in [6, 6.07) is 0. The summed E-state index contributed by atoms with van der Waals surface area (Å²) >= 11 is 3.22. The Bertz CT molecular complexity index is 243. The maximum atomic E-state index is 12.6. The van der Waals surface area contributed by atoms with Gasteiger partial charge in [-0.3, -0.25) is 0 Å². The van der Waals surface area contributed by atoms with E-state index in [9.17, 15) is 4.39 Å². The highest BCUT2D eigenvalue weighted by atomic mass is 127. The second kappa shape index (κ2) is 3.47. The molecule has 0 saturated heterocycles. The van der Waals surface area contributed by atoms with Gasteiger partial charge < -0.3 is 0 Å². The number of halogens is 2. The van der Waals surface area contributed by atoms with Gasteiger partial charge in [-0.2, -0.15) is 0 Å². The first kappa shape index (κ1) is 8.19. The van der Waals surface area contributed by atoms with E-state index in [1.54, 1.807) is 6.26 Å². The molecule has 0 aliphatic carbocycles. The van der Waals surface area contributed by atoms with Crippen molar-refractivity contribution in [3.8, 4) is 0 Å². The summed E-state index contributed by atoms with van der Waals surface area (Å²) in [4.78, 5) is 7.53.